The average molecular weight is 951 g/mol. The van der Waals surface area contributed by atoms with E-state index < -0.39 is 99.0 Å². The second-order valence-electron chi connectivity index (χ2n) is 9.43. The third-order valence-electron chi connectivity index (χ3n) is 4.61. The Balaban J connectivity index is 4.13. The van der Waals surface area contributed by atoms with E-state index in [0.29, 0.717) is 0 Å². The number of carbonyl (C=O) groups is 6. The Morgan fingerprint density at radius 3 is 0.622 bits per heavy atom. The van der Waals surface area contributed by atoms with Crippen molar-refractivity contribution in [1.29, 1.82) is 0 Å². The topological polar surface area (TPSA) is 158 Å². The molecule has 0 N–H and O–H groups in total. The van der Waals surface area contributed by atoms with Crippen molar-refractivity contribution in [2.75, 3.05) is 0 Å². The maximum absolute atomic E-state index is 12.6. The predicted octanol–water partition coefficient (Wildman–Crippen LogP) is 1.49. The summed E-state index contributed by atoms with van der Waals surface area (Å²) in [6.45, 7) is 29.7. The third kappa shape index (κ3) is 13.1. The summed E-state index contributed by atoms with van der Waals surface area (Å²) in [7, 11) is 0. The van der Waals surface area contributed by atoms with E-state index >= 15 is 0 Å². The van der Waals surface area contributed by atoms with E-state index in [2.05, 4.69) is 39.5 Å². The molecule has 1 rings (SSSR count). The molecule has 0 aliphatic heterocycles. The molecule has 0 aromatic heterocycles. The van der Waals surface area contributed by atoms with Crippen molar-refractivity contribution in [3.63, 3.8) is 0 Å². The van der Waals surface area contributed by atoms with Crippen molar-refractivity contribution in [3.8, 4) is 0 Å². The normalized spacial score (nSPS) is 10.3. The fourth-order valence-corrected chi connectivity index (χ4v) is 16.5. The number of hydrogen-bond acceptors (Lipinski definition) is 12. The summed E-state index contributed by atoms with van der Waals surface area (Å²) in [5, 5.41) is 0. The van der Waals surface area contributed by atoms with Gasteiger partial charge in [-0.1, -0.05) is 0 Å². The van der Waals surface area contributed by atoms with Crippen molar-refractivity contribution in [1.82, 2.24) is 0 Å². The van der Waals surface area contributed by atoms with Crippen LogP contribution in [-0.2, 0) is 46.9 Å². The van der Waals surface area contributed by atoms with Crippen LogP contribution in [0.25, 0.3) is 0 Å². The van der Waals surface area contributed by atoms with Gasteiger partial charge in [0.05, 0.1) is 0 Å². The average Bonchev–Trinajstić information content (AvgIpc) is 2.94. The van der Waals surface area contributed by atoms with Gasteiger partial charge in [0.1, 0.15) is 0 Å². The van der Waals surface area contributed by atoms with Gasteiger partial charge in [-0.2, -0.15) is 0 Å². The molecule has 0 fully saturated rings. The summed E-state index contributed by atoms with van der Waals surface area (Å²) < 4.78 is 33.8. The summed E-state index contributed by atoms with van der Waals surface area (Å²) >= 11 is -12.5. The first-order chi connectivity index (χ1) is 20.7. The Bertz CT molecular complexity index is 1230. The molecule has 0 aliphatic carbocycles. The van der Waals surface area contributed by atoms with Gasteiger partial charge in [-0.15, -0.1) is 0 Å². The quantitative estimate of drug-likeness (QED) is 0.185. The molecule has 45 heavy (non-hydrogen) atoms. The zero-order chi connectivity index (χ0) is 34.8. The van der Waals surface area contributed by atoms with Gasteiger partial charge in [0.2, 0.25) is 0 Å². The van der Waals surface area contributed by atoms with Crippen molar-refractivity contribution >= 4 is 109 Å². The molecule has 0 saturated heterocycles. The fraction of sp³-hybridized carbons (Fsp3) is 0.200. The number of carbonyl (C=O) groups excluding carboxylic acids is 6. The minimum atomic E-state index is -4.16. The zero-order valence-corrected chi connectivity index (χ0v) is 33.4. The Morgan fingerprint density at radius 2 is 0.511 bits per heavy atom. The Morgan fingerprint density at radius 1 is 0.378 bits per heavy atom. The Hall–Kier alpha value is -3.07. The van der Waals surface area contributed by atoms with Gasteiger partial charge in [0.15, 0.2) is 0 Å². The van der Waals surface area contributed by atoms with Gasteiger partial charge in [0.25, 0.3) is 0 Å². The molecule has 0 amide bonds. The third-order valence-corrected chi connectivity index (χ3v) is 16.1. The van der Waals surface area contributed by atoms with Crippen LogP contribution in [0.15, 0.2) is 91.1 Å². The number of hydrogen-bond donors (Lipinski definition) is 0. The van der Waals surface area contributed by atoms with E-state index in [4.69, 9.17) is 18.1 Å². The molecule has 0 aliphatic rings. The van der Waals surface area contributed by atoms with Crippen LogP contribution in [0, 0.1) is 0 Å². The van der Waals surface area contributed by atoms with Crippen LogP contribution in [0.1, 0.15) is 41.5 Å². The van der Waals surface area contributed by atoms with E-state index in [0.717, 1.165) is 0 Å². The van der Waals surface area contributed by atoms with Crippen molar-refractivity contribution in [3.05, 3.63) is 91.1 Å². The summed E-state index contributed by atoms with van der Waals surface area (Å²) in [5.74, 6) is -5.17. The molecular formula is C30H33O12Sb3. The first-order valence-electron chi connectivity index (χ1n) is 12.6. The maximum atomic E-state index is 12.6. The van der Waals surface area contributed by atoms with E-state index in [1.165, 1.54) is 59.7 Å². The van der Waals surface area contributed by atoms with Crippen molar-refractivity contribution in [2.24, 2.45) is 0 Å². The zero-order valence-electron chi connectivity index (χ0n) is 25.7. The van der Waals surface area contributed by atoms with Crippen LogP contribution >= 0.6 is 0 Å². The van der Waals surface area contributed by atoms with Gasteiger partial charge in [-0.25, -0.2) is 0 Å². The molecule has 1 aromatic carbocycles. The molecule has 1 aromatic rings. The Kier molecular flexibility index (Phi) is 16.1. The standard InChI is InChI=1S/C6H3.6C4H6O2.3Sb/c1-2-4-6-5-3-1;6*1-3(2)4(5)6;;;/h1,4-5H;6*1H2,2H3,(H,5,6);;;/q;;;;;;;3*+2/p-6. The van der Waals surface area contributed by atoms with E-state index in [1.54, 1.807) is 0 Å². The van der Waals surface area contributed by atoms with Gasteiger partial charge in [-0.05, 0) is 0 Å². The molecule has 0 saturated carbocycles. The van der Waals surface area contributed by atoms with Crippen LogP contribution in [-0.4, -0.2) is 99.0 Å². The van der Waals surface area contributed by atoms with E-state index in [-0.39, 0.29) is 44.0 Å². The molecule has 0 atom stereocenters. The van der Waals surface area contributed by atoms with Gasteiger partial charge in [-0.3, -0.25) is 0 Å². The van der Waals surface area contributed by atoms with Crippen molar-refractivity contribution < 1.29 is 46.9 Å². The fourth-order valence-electron chi connectivity index (χ4n) is 2.19. The van der Waals surface area contributed by atoms with Gasteiger partial charge in [0, 0.05) is 0 Å². The van der Waals surface area contributed by atoms with Gasteiger partial charge < -0.3 is 0 Å². The molecule has 0 heterocycles. The molecular weight excluding hydrogens is 918 g/mol. The summed E-state index contributed by atoms with van der Waals surface area (Å²) in [6.07, 6.45) is 0. The summed E-state index contributed by atoms with van der Waals surface area (Å²) in [5.41, 5.74) is 0.0517. The van der Waals surface area contributed by atoms with E-state index in [1.807, 2.05) is 0 Å². The monoisotopic (exact) mass is 948 g/mol. The molecule has 0 spiro atoms. The van der Waals surface area contributed by atoms with E-state index in [9.17, 15) is 28.8 Å². The summed E-state index contributed by atoms with van der Waals surface area (Å²) in [6, 6.07) is 4.18. The Labute approximate surface area is 286 Å². The molecule has 0 radical (unpaired) electrons. The molecule has 15 heteroatoms. The second-order valence-corrected chi connectivity index (χ2v) is 21.4. The predicted molar refractivity (Wildman–Crippen MR) is 168 cm³/mol. The first kappa shape index (κ1) is 40.0. The van der Waals surface area contributed by atoms with Crippen LogP contribution in [0.4, 0.5) is 0 Å². The minimum absolute atomic E-state index is 0.00862. The van der Waals surface area contributed by atoms with Crippen LogP contribution < -0.4 is 10.5 Å². The van der Waals surface area contributed by atoms with Gasteiger partial charge >= 0.3 is 289 Å². The number of rotatable bonds is 15. The number of benzene rings is 1. The van der Waals surface area contributed by atoms with Crippen LogP contribution in [0.5, 0.6) is 0 Å². The molecule has 240 valence electrons. The SMILES string of the molecule is C=C(C)C(=O)[O][Sb]([O]C(=O)C(=C)C)[c]1c[c]([Sb]([O]C(=O)C(=C)C)[O]C(=O)C(=C)C)c[c]([Sb]([O]C(=O)C(=C)C)[O]C(=O)C(=C)C)c1. The van der Waals surface area contributed by atoms with Crippen LogP contribution in [0.3, 0.4) is 0 Å². The molecule has 12 nitrogen and oxygen atoms in total. The molecule has 0 bridgehead atoms. The van der Waals surface area contributed by atoms with Crippen LogP contribution in [0.2, 0.25) is 0 Å². The molecule has 0 unspecified atom stereocenters. The summed E-state index contributed by atoms with van der Waals surface area (Å²) in [4.78, 5) is 75.7. The second kappa shape index (κ2) is 18.2. The first-order valence-corrected chi connectivity index (χ1v) is 22.7. The van der Waals surface area contributed by atoms with Crippen molar-refractivity contribution in [2.45, 2.75) is 41.5 Å².